The number of carbonyl (C=O) groups is 1. The third kappa shape index (κ3) is 4.90. The first kappa shape index (κ1) is 19.1. The van der Waals surface area contributed by atoms with Crippen LogP contribution in [0.2, 0.25) is 0 Å². The number of hydrogen-bond acceptors (Lipinski definition) is 9. The average Bonchev–Trinajstić information content (AvgIpc) is 3.13. The van der Waals surface area contributed by atoms with E-state index in [4.69, 9.17) is 11.0 Å². The molecule has 1 atom stereocenters. The summed E-state index contributed by atoms with van der Waals surface area (Å²) in [7, 11) is 0. The smallest absolute Gasteiger partial charge is 0.249 e. The van der Waals surface area contributed by atoms with Crippen molar-refractivity contribution in [3.05, 3.63) is 5.01 Å². The van der Waals surface area contributed by atoms with Gasteiger partial charge >= 0.3 is 0 Å². The van der Waals surface area contributed by atoms with Crippen LogP contribution in [0, 0.1) is 17.2 Å². The van der Waals surface area contributed by atoms with Crippen LogP contribution in [0.1, 0.15) is 38.2 Å². The number of aromatic nitrogens is 5. The number of nitrogen functional groups attached to an aromatic ring is 1. The molecule has 134 valence electrons. The number of nitrogens with zero attached hydrogens (tertiary/aromatic N) is 6. The number of carbonyl (C=O) groups excluding carboxylic acids is 1. The Morgan fingerprint density at radius 2 is 2.16 bits per heavy atom. The molecule has 2 rings (SSSR count). The maximum absolute atomic E-state index is 12.7. The zero-order chi connectivity index (χ0) is 18.4. The van der Waals surface area contributed by atoms with Crippen LogP contribution < -0.4 is 11.1 Å². The molecule has 0 radical (unpaired) electrons. The number of anilines is 2. The third-order valence-corrected chi connectivity index (χ3v) is 4.91. The molecule has 1 amide bonds. The Labute approximate surface area is 154 Å². The molecule has 0 aliphatic heterocycles. The minimum Gasteiger partial charge on any atom is -0.368 e. The molecule has 2 aromatic heterocycles. The lowest BCUT2D eigenvalue weighted by molar-refractivity contribution is -0.119. The number of thioether (sulfide) groups is 1. The minimum atomic E-state index is -0.589. The van der Waals surface area contributed by atoms with Crippen LogP contribution >= 0.6 is 23.1 Å². The number of hydrogen-bond donors (Lipinski definition) is 2. The summed E-state index contributed by atoms with van der Waals surface area (Å²) in [5.74, 6) is 0.544. The summed E-state index contributed by atoms with van der Waals surface area (Å²) in [4.78, 5) is 12.7. The maximum Gasteiger partial charge on any atom is 0.249 e. The quantitative estimate of drug-likeness (QED) is 0.665. The zero-order valence-corrected chi connectivity index (χ0v) is 15.9. The van der Waals surface area contributed by atoms with Crippen LogP contribution in [0.25, 0.3) is 0 Å². The largest absolute Gasteiger partial charge is 0.368 e. The highest BCUT2D eigenvalue weighted by Gasteiger charge is 2.25. The Kier molecular flexibility index (Phi) is 6.72. The molecule has 0 aromatic carbocycles. The summed E-state index contributed by atoms with van der Waals surface area (Å²) in [6.45, 7) is 6.07. The third-order valence-electron chi connectivity index (χ3n) is 3.24. The summed E-state index contributed by atoms with van der Waals surface area (Å²) in [6, 6.07) is 1.43. The van der Waals surface area contributed by atoms with Gasteiger partial charge in [-0.3, -0.25) is 14.7 Å². The van der Waals surface area contributed by atoms with Crippen molar-refractivity contribution in [2.75, 3.05) is 16.8 Å². The second-order valence-corrected chi connectivity index (χ2v) is 7.67. The lowest BCUT2D eigenvalue weighted by Crippen LogP contribution is -2.27. The first-order valence-electron chi connectivity index (χ1n) is 7.79. The van der Waals surface area contributed by atoms with Crippen molar-refractivity contribution in [3.8, 4) is 6.07 Å². The molecule has 0 bridgehead atoms. The van der Waals surface area contributed by atoms with Gasteiger partial charge in [0, 0.05) is 6.42 Å². The highest BCUT2D eigenvalue weighted by atomic mass is 32.2. The molecule has 1 unspecified atom stereocenters. The lowest BCUT2D eigenvalue weighted by atomic mass is 10.1. The number of nitrogens with two attached hydrogens (primary N) is 1. The Hall–Kier alpha value is -2.19. The van der Waals surface area contributed by atoms with E-state index >= 15 is 0 Å². The molecule has 25 heavy (non-hydrogen) atoms. The summed E-state index contributed by atoms with van der Waals surface area (Å²) in [6.07, 6.45) is 1.31. The first-order valence-corrected chi connectivity index (χ1v) is 9.59. The van der Waals surface area contributed by atoms with E-state index in [1.54, 1.807) is 4.57 Å². The van der Waals surface area contributed by atoms with Crippen molar-refractivity contribution in [3.63, 3.8) is 0 Å². The molecular weight excluding hydrogens is 360 g/mol. The van der Waals surface area contributed by atoms with Gasteiger partial charge < -0.3 is 5.73 Å². The maximum atomic E-state index is 12.7. The van der Waals surface area contributed by atoms with E-state index in [1.807, 2.05) is 13.0 Å². The molecule has 0 aliphatic carbocycles. The van der Waals surface area contributed by atoms with Crippen LogP contribution in [0.4, 0.5) is 11.1 Å². The SMILES string of the molecule is CCC(C(=O)Nc1nnc(CC(C)C)s1)n1c(N)nnc1SCC#N. The van der Waals surface area contributed by atoms with E-state index in [1.165, 1.54) is 23.1 Å². The van der Waals surface area contributed by atoms with E-state index in [0.717, 1.165) is 11.4 Å². The fourth-order valence-electron chi connectivity index (χ4n) is 2.19. The molecule has 2 aromatic rings. The molecular formula is C14H20N8OS2. The van der Waals surface area contributed by atoms with Gasteiger partial charge in [0.2, 0.25) is 17.0 Å². The van der Waals surface area contributed by atoms with E-state index < -0.39 is 6.04 Å². The van der Waals surface area contributed by atoms with Gasteiger partial charge in [0.25, 0.3) is 0 Å². The van der Waals surface area contributed by atoms with E-state index in [-0.39, 0.29) is 17.6 Å². The highest BCUT2D eigenvalue weighted by molar-refractivity contribution is 7.99. The Morgan fingerprint density at radius 1 is 1.40 bits per heavy atom. The zero-order valence-electron chi connectivity index (χ0n) is 14.3. The molecule has 0 aliphatic rings. The van der Waals surface area contributed by atoms with Crippen LogP contribution in [-0.2, 0) is 11.2 Å². The Morgan fingerprint density at radius 3 is 2.80 bits per heavy atom. The van der Waals surface area contributed by atoms with Gasteiger partial charge in [-0.2, -0.15) is 5.26 Å². The predicted octanol–water partition coefficient (Wildman–Crippen LogP) is 2.12. The number of nitrogens with one attached hydrogen (secondary N) is 1. The average molecular weight is 381 g/mol. The van der Waals surface area contributed by atoms with E-state index in [9.17, 15) is 4.79 Å². The fourth-order valence-corrected chi connectivity index (χ4v) is 3.79. The summed E-state index contributed by atoms with van der Waals surface area (Å²) >= 11 is 2.55. The van der Waals surface area contributed by atoms with E-state index in [0.29, 0.717) is 22.6 Å². The predicted molar refractivity (Wildman–Crippen MR) is 97.2 cm³/mol. The van der Waals surface area contributed by atoms with Crippen molar-refractivity contribution < 1.29 is 4.79 Å². The molecule has 0 saturated heterocycles. The van der Waals surface area contributed by atoms with Gasteiger partial charge in [0.1, 0.15) is 11.0 Å². The van der Waals surface area contributed by atoms with E-state index in [2.05, 4.69) is 39.6 Å². The molecule has 2 heterocycles. The molecule has 3 N–H and O–H groups in total. The van der Waals surface area contributed by atoms with Gasteiger partial charge in [0.05, 0.1) is 11.8 Å². The fraction of sp³-hybridized carbons (Fsp3) is 0.571. The van der Waals surface area contributed by atoms with Crippen LogP contribution in [0.5, 0.6) is 0 Å². The normalized spacial score (nSPS) is 12.1. The highest BCUT2D eigenvalue weighted by Crippen LogP contribution is 2.26. The van der Waals surface area contributed by atoms with Gasteiger partial charge in [-0.05, 0) is 12.3 Å². The molecule has 11 heteroatoms. The van der Waals surface area contributed by atoms with Gasteiger partial charge in [-0.25, -0.2) is 0 Å². The first-order chi connectivity index (χ1) is 12.0. The van der Waals surface area contributed by atoms with Gasteiger partial charge in [0.15, 0.2) is 5.16 Å². The van der Waals surface area contributed by atoms with Gasteiger partial charge in [-0.1, -0.05) is 43.9 Å². The minimum absolute atomic E-state index is 0.139. The molecule has 9 nitrogen and oxygen atoms in total. The Bertz CT molecular complexity index is 763. The summed E-state index contributed by atoms with van der Waals surface area (Å²) < 4.78 is 1.55. The van der Waals surface area contributed by atoms with Crippen molar-refractivity contribution in [2.45, 2.75) is 44.8 Å². The lowest BCUT2D eigenvalue weighted by Gasteiger charge is -2.17. The molecule has 0 saturated carbocycles. The number of rotatable bonds is 8. The number of amides is 1. The number of nitriles is 1. The monoisotopic (exact) mass is 380 g/mol. The standard InChI is InChI=1S/C14H20N8OS2/c1-4-9(22-12(16)19-21-14(22)24-6-5-15)11(23)17-13-20-18-10(25-13)7-8(2)3/h8-9H,4,6-7H2,1-3H3,(H2,16,19)(H,17,20,23). The van der Waals surface area contributed by atoms with Gasteiger partial charge in [-0.15, -0.1) is 20.4 Å². The van der Waals surface area contributed by atoms with Crippen LogP contribution in [0.15, 0.2) is 5.16 Å². The second-order valence-electron chi connectivity index (χ2n) is 5.67. The summed E-state index contributed by atoms with van der Waals surface area (Å²) in [5, 5.41) is 29.2. The Balaban J connectivity index is 2.15. The van der Waals surface area contributed by atoms with Crippen LogP contribution in [0.3, 0.4) is 0 Å². The second kappa shape index (κ2) is 8.77. The summed E-state index contributed by atoms with van der Waals surface area (Å²) in [5.41, 5.74) is 5.87. The van der Waals surface area contributed by atoms with Crippen LogP contribution in [-0.4, -0.2) is 36.6 Å². The van der Waals surface area contributed by atoms with Crippen molar-refractivity contribution in [2.24, 2.45) is 5.92 Å². The van der Waals surface area contributed by atoms with Crippen molar-refractivity contribution in [1.82, 2.24) is 25.0 Å². The van der Waals surface area contributed by atoms with Crippen molar-refractivity contribution >= 4 is 40.1 Å². The topological polar surface area (TPSA) is 135 Å². The molecule has 0 spiro atoms. The van der Waals surface area contributed by atoms with Crippen molar-refractivity contribution in [1.29, 1.82) is 5.26 Å². The molecule has 0 fully saturated rings.